The topological polar surface area (TPSA) is 31.2 Å². The van der Waals surface area contributed by atoms with E-state index in [1.165, 1.54) is 16.7 Å². The maximum atomic E-state index is 14.3. The second-order valence-corrected chi connectivity index (χ2v) is 5.67. The van der Waals surface area contributed by atoms with Crippen LogP contribution in [-0.2, 0) is 17.4 Å². The molecule has 0 amide bonds. The fourth-order valence-corrected chi connectivity index (χ4v) is 3.22. The number of ether oxygens (including phenoxy) is 1. The summed E-state index contributed by atoms with van der Waals surface area (Å²) in [4.78, 5) is 12.2. The van der Waals surface area contributed by atoms with Gasteiger partial charge in [-0.1, -0.05) is 0 Å². The van der Waals surface area contributed by atoms with Gasteiger partial charge >= 0.3 is 0 Å². The summed E-state index contributed by atoms with van der Waals surface area (Å²) in [5.74, 6) is -1.28. The Morgan fingerprint density at radius 2 is 2.00 bits per heavy atom. The molecular weight excluding hydrogens is 288 g/mol. The molecule has 0 N–H and O–H groups in total. The van der Waals surface area contributed by atoms with E-state index in [1.54, 1.807) is 26.2 Å². The van der Waals surface area contributed by atoms with Crippen LogP contribution in [0.15, 0.2) is 35.3 Å². The largest absolute Gasteiger partial charge is 0.365 e. The van der Waals surface area contributed by atoms with E-state index < -0.39 is 17.2 Å². The molecule has 1 aliphatic heterocycles. The minimum absolute atomic E-state index is 0.144. The highest BCUT2D eigenvalue weighted by Gasteiger charge is 2.42. The molecule has 1 saturated heterocycles. The van der Waals surface area contributed by atoms with Gasteiger partial charge in [-0.15, -0.1) is 0 Å². The normalized spacial score (nSPS) is 21.3. The highest BCUT2D eigenvalue weighted by molar-refractivity contribution is 5.41. The smallest absolute Gasteiger partial charge is 0.253 e. The molecule has 116 valence electrons. The Morgan fingerprint density at radius 3 is 2.64 bits per heavy atom. The van der Waals surface area contributed by atoms with Crippen LogP contribution in [0.4, 0.5) is 8.78 Å². The third-order valence-corrected chi connectivity index (χ3v) is 4.33. The van der Waals surface area contributed by atoms with Crippen LogP contribution in [0.25, 0.3) is 0 Å². The molecule has 0 aliphatic carbocycles. The summed E-state index contributed by atoms with van der Waals surface area (Å²) in [5, 5.41) is 0. The van der Waals surface area contributed by atoms with E-state index in [-0.39, 0.29) is 11.1 Å². The molecule has 2 aromatic rings. The average Bonchev–Trinajstić information content (AvgIpc) is 2.95. The predicted molar refractivity (Wildman–Crippen MR) is 78.7 cm³/mol. The van der Waals surface area contributed by atoms with Gasteiger partial charge in [0.15, 0.2) is 0 Å². The summed E-state index contributed by atoms with van der Waals surface area (Å²) in [6.07, 6.45) is 2.96. The SMILES string of the molecule is Cc1c(C2(c3ccc(F)cc3F)CCCO2)ccn(C)c1=O. The number of pyridine rings is 1. The lowest BCUT2D eigenvalue weighted by Crippen LogP contribution is -2.32. The van der Waals surface area contributed by atoms with Gasteiger partial charge < -0.3 is 9.30 Å². The second-order valence-electron chi connectivity index (χ2n) is 5.67. The fraction of sp³-hybridized carbons (Fsp3) is 0.353. The first kappa shape index (κ1) is 14.9. The first-order valence-electron chi connectivity index (χ1n) is 7.22. The first-order valence-corrected chi connectivity index (χ1v) is 7.22. The third-order valence-electron chi connectivity index (χ3n) is 4.33. The summed E-state index contributed by atoms with van der Waals surface area (Å²) >= 11 is 0. The van der Waals surface area contributed by atoms with Gasteiger partial charge in [-0.25, -0.2) is 8.78 Å². The van der Waals surface area contributed by atoms with Crippen LogP contribution >= 0.6 is 0 Å². The van der Waals surface area contributed by atoms with Crippen molar-refractivity contribution >= 4 is 0 Å². The molecule has 1 aromatic heterocycles. The molecule has 3 nitrogen and oxygen atoms in total. The maximum absolute atomic E-state index is 14.3. The zero-order valence-electron chi connectivity index (χ0n) is 12.5. The molecule has 1 aromatic carbocycles. The number of hydrogen-bond acceptors (Lipinski definition) is 2. The Balaban J connectivity index is 2.26. The summed E-state index contributed by atoms with van der Waals surface area (Å²) < 4.78 is 34.9. The zero-order chi connectivity index (χ0) is 15.9. The minimum atomic E-state index is -1.02. The number of hydrogen-bond donors (Lipinski definition) is 0. The third kappa shape index (κ3) is 2.16. The molecule has 1 unspecified atom stereocenters. The number of rotatable bonds is 2. The lowest BCUT2D eigenvalue weighted by atomic mass is 9.82. The summed E-state index contributed by atoms with van der Waals surface area (Å²) in [7, 11) is 1.67. The zero-order valence-corrected chi connectivity index (χ0v) is 12.5. The van der Waals surface area contributed by atoms with Crippen LogP contribution in [0.3, 0.4) is 0 Å². The van der Waals surface area contributed by atoms with Crippen molar-refractivity contribution in [1.29, 1.82) is 0 Å². The van der Waals surface area contributed by atoms with Gasteiger partial charge in [0.2, 0.25) is 0 Å². The molecule has 1 atom stereocenters. The van der Waals surface area contributed by atoms with Gasteiger partial charge in [-0.2, -0.15) is 0 Å². The van der Waals surface area contributed by atoms with Crippen LogP contribution in [0.2, 0.25) is 0 Å². The lowest BCUT2D eigenvalue weighted by molar-refractivity contribution is 0.0322. The van der Waals surface area contributed by atoms with Crippen LogP contribution in [0.5, 0.6) is 0 Å². The minimum Gasteiger partial charge on any atom is -0.365 e. The summed E-state index contributed by atoms with van der Waals surface area (Å²) in [6, 6.07) is 5.27. The highest BCUT2D eigenvalue weighted by Crippen LogP contribution is 2.43. The first-order chi connectivity index (χ1) is 10.5. The van der Waals surface area contributed by atoms with Crippen molar-refractivity contribution in [2.24, 2.45) is 7.05 Å². The molecule has 5 heteroatoms. The predicted octanol–water partition coefficient (Wildman–Crippen LogP) is 3.03. The van der Waals surface area contributed by atoms with Gasteiger partial charge in [-0.3, -0.25) is 4.79 Å². The standard InChI is InChI=1S/C17H17F2NO2/c1-11-13(6-8-20(2)16(11)21)17(7-3-9-22-17)14-5-4-12(18)10-15(14)19/h4-6,8,10H,3,7,9H2,1-2H3. The van der Waals surface area contributed by atoms with Crippen molar-refractivity contribution in [2.45, 2.75) is 25.4 Å². The van der Waals surface area contributed by atoms with Crippen molar-refractivity contribution in [3.63, 3.8) is 0 Å². The molecule has 0 spiro atoms. The number of aryl methyl sites for hydroxylation is 1. The van der Waals surface area contributed by atoms with Crippen LogP contribution in [-0.4, -0.2) is 11.2 Å². The summed E-state index contributed by atoms with van der Waals surface area (Å²) in [5.41, 5.74) is 0.293. The summed E-state index contributed by atoms with van der Waals surface area (Å²) in [6.45, 7) is 2.19. The van der Waals surface area contributed by atoms with Crippen LogP contribution < -0.4 is 5.56 Å². The molecular formula is C17H17F2NO2. The van der Waals surface area contributed by atoms with Crippen molar-refractivity contribution in [1.82, 2.24) is 4.57 Å². The van der Waals surface area contributed by atoms with E-state index in [0.29, 0.717) is 24.2 Å². The molecule has 22 heavy (non-hydrogen) atoms. The Labute approximate surface area is 127 Å². The number of nitrogens with zero attached hydrogens (tertiary/aromatic N) is 1. The number of benzene rings is 1. The molecule has 1 aliphatic rings. The van der Waals surface area contributed by atoms with E-state index in [9.17, 15) is 13.6 Å². The quantitative estimate of drug-likeness (QED) is 0.854. The van der Waals surface area contributed by atoms with Gasteiger partial charge in [0, 0.05) is 37.0 Å². The van der Waals surface area contributed by atoms with Crippen molar-refractivity contribution < 1.29 is 13.5 Å². The second kappa shape index (κ2) is 5.32. The van der Waals surface area contributed by atoms with Gasteiger partial charge in [0.05, 0.1) is 0 Å². The van der Waals surface area contributed by atoms with Gasteiger partial charge in [-0.05, 0) is 43.5 Å². The Hall–Kier alpha value is -2.01. The van der Waals surface area contributed by atoms with Crippen LogP contribution in [0.1, 0.15) is 29.5 Å². The van der Waals surface area contributed by atoms with Crippen LogP contribution in [0, 0.1) is 18.6 Å². The monoisotopic (exact) mass is 305 g/mol. The fourth-order valence-electron chi connectivity index (χ4n) is 3.22. The molecule has 0 saturated carbocycles. The molecule has 0 bridgehead atoms. The number of aromatic nitrogens is 1. The Kier molecular flexibility index (Phi) is 3.60. The molecule has 3 rings (SSSR count). The Bertz CT molecular complexity index is 777. The molecule has 2 heterocycles. The van der Waals surface area contributed by atoms with Gasteiger partial charge in [0.1, 0.15) is 17.2 Å². The van der Waals surface area contributed by atoms with Crippen molar-refractivity contribution in [3.05, 3.63) is 69.1 Å². The van der Waals surface area contributed by atoms with Gasteiger partial charge in [0.25, 0.3) is 5.56 Å². The van der Waals surface area contributed by atoms with E-state index in [1.807, 2.05) is 0 Å². The van der Waals surface area contributed by atoms with E-state index >= 15 is 0 Å². The lowest BCUT2D eigenvalue weighted by Gasteiger charge is -2.31. The molecule has 1 fully saturated rings. The highest BCUT2D eigenvalue weighted by atomic mass is 19.1. The Morgan fingerprint density at radius 1 is 1.23 bits per heavy atom. The number of halogens is 2. The van der Waals surface area contributed by atoms with E-state index in [2.05, 4.69) is 0 Å². The van der Waals surface area contributed by atoms with Crippen molar-refractivity contribution in [2.75, 3.05) is 6.61 Å². The van der Waals surface area contributed by atoms with E-state index in [0.717, 1.165) is 12.5 Å². The van der Waals surface area contributed by atoms with Crippen molar-refractivity contribution in [3.8, 4) is 0 Å². The molecule has 0 radical (unpaired) electrons. The van der Waals surface area contributed by atoms with E-state index in [4.69, 9.17) is 4.74 Å². The average molecular weight is 305 g/mol. The maximum Gasteiger partial charge on any atom is 0.253 e.